The van der Waals surface area contributed by atoms with Crippen LogP contribution in [0.1, 0.15) is 0 Å². The Balaban J connectivity index is 1.31. The predicted octanol–water partition coefficient (Wildman–Crippen LogP) is 8.93. The minimum absolute atomic E-state index is 0.737. The Morgan fingerprint density at radius 1 is 0.590 bits per heavy atom. The van der Waals surface area contributed by atoms with Crippen LogP contribution in [0.15, 0.2) is 132 Å². The minimum Gasteiger partial charge on any atom is -0.457 e. The quantitative estimate of drug-likeness (QED) is 0.241. The molecule has 0 aliphatic heterocycles. The van der Waals surface area contributed by atoms with E-state index in [0.29, 0.717) is 0 Å². The molecule has 4 aromatic heterocycles. The lowest BCUT2D eigenvalue weighted by atomic mass is 10.1. The van der Waals surface area contributed by atoms with E-state index >= 15 is 0 Å². The van der Waals surface area contributed by atoms with Crippen LogP contribution in [0, 0.1) is 0 Å². The largest absolute Gasteiger partial charge is 0.457 e. The molecule has 0 N–H and O–H groups in total. The smallest absolute Gasteiger partial charge is 0.145 e. The molecule has 0 spiro atoms. The normalized spacial score (nSPS) is 11.6. The van der Waals surface area contributed by atoms with Crippen molar-refractivity contribution in [1.82, 2.24) is 14.5 Å². The van der Waals surface area contributed by atoms with Crippen LogP contribution in [0.2, 0.25) is 0 Å². The highest BCUT2D eigenvalue weighted by molar-refractivity contribution is 6.24. The van der Waals surface area contributed by atoms with Crippen molar-refractivity contribution in [2.45, 2.75) is 0 Å². The number of pyridine rings is 2. The van der Waals surface area contributed by atoms with Gasteiger partial charge in [-0.05, 0) is 66.7 Å². The third kappa shape index (κ3) is 3.48. The van der Waals surface area contributed by atoms with E-state index in [9.17, 15) is 0 Å². The molecule has 0 radical (unpaired) electrons. The van der Waals surface area contributed by atoms with Gasteiger partial charge in [0.05, 0.1) is 22.3 Å². The Labute approximate surface area is 223 Å². The summed E-state index contributed by atoms with van der Waals surface area (Å²) in [5.74, 6) is 1.49. The second-order valence-electron chi connectivity index (χ2n) is 9.49. The molecule has 184 valence electrons. The molecule has 4 heterocycles. The summed E-state index contributed by atoms with van der Waals surface area (Å²) >= 11 is 0. The number of rotatable bonds is 4. The van der Waals surface area contributed by atoms with Gasteiger partial charge in [0.15, 0.2) is 0 Å². The van der Waals surface area contributed by atoms with Crippen molar-refractivity contribution in [3.05, 3.63) is 128 Å². The standard InChI is InChI=1S/C34H21N3O2/c1-2-15-30-28(12-1)32-31(39-30)17-16-26-27-13-7-19-36-34(27)37(33(26)32)23-9-6-11-25(21-23)38-24-10-5-8-22(20-24)29-14-3-4-18-35-29/h1-21H. The molecule has 0 saturated heterocycles. The van der Waals surface area contributed by atoms with Gasteiger partial charge in [-0.3, -0.25) is 9.55 Å². The molecule has 0 saturated carbocycles. The first-order chi connectivity index (χ1) is 19.3. The SMILES string of the molecule is c1ccc(-c2cccc(Oc3cccc(-n4c5ncccc5c5ccc6oc7ccccc7c6c54)c3)c2)nc1. The van der Waals surface area contributed by atoms with Gasteiger partial charge in [0.2, 0.25) is 0 Å². The zero-order valence-corrected chi connectivity index (χ0v) is 20.8. The van der Waals surface area contributed by atoms with Gasteiger partial charge in [-0.1, -0.05) is 42.5 Å². The molecule has 8 rings (SSSR count). The summed E-state index contributed by atoms with van der Waals surface area (Å²) in [6.07, 6.45) is 3.64. The average molecular weight is 504 g/mol. The van der Waals surface area contributed by atoms with Gasteiger partial charge in [0.25, 0.3) is 0 Å². The van der Waals surface area contributed by atoms with Crippen LogP contribution in [0.3, 0.4) is 0 Å². The van der Waals surface area contributed by atoms with Crippen LogP contribution in [0.25, 0.3) is 60.8 Å². The van der Waals surface area contributed by atoms with Crippen molar-refractivity contribution in [3.8, 4) is 28.4 Å². The summed E-state index contributed by atoms with van der Waals surface area (Å²) in [5, 5.41) is 4.39. The van der Waals surface area contributed by atoms with E-state index in [1.807, 2.05) is 79.0 Å². The summed E-state index contributed by atoms with van der Waals surface area (Å²) in [6.45, 7) is 0. The Hall–Kier alpha value is -5.42. The van der Waals surface area contributed by atoms with Gasteiger partial charge in [-0.2, -0.15) is 0 Å². The molecule has 0 aliphatic carbocycles. The fourth-order valence-electron chi connectivity index (χ4n) is 5.47. The van der Waals surface area contributed by atoms with Gasteiger partial charge in [-0.25, -0.2) is 4.98 Å². The first kappa shape index (κ1) is 21.6. The molecule has 0 bridgehead atoms. The maximum absolute atomic E-state index is 6.37. The van der Waals surface area contributed by atoms with Crippen molar-refractivity contribution < 1.29 is 9.15 Å². The highest BCUT2D eigenvalue weighted by Crippen LogP contribution is 2.40. The molecule has 0 aliphatic rings. The molecule has 8 aromatic rings. The number of nitrogens with zero attached hydrogens (tertiary/aromatic N) is 3. The number of ether oxygens (including phenoxy) is 1. The van der Waals surface area contributed by atoms with Gasteiger partial charge >= 0.3 is 0 Å². The van der Waals surface area contributed by atoms with E-state index < -0.39 is 0 Å². The zero-order chi connectivity index (χ0) is 25.8. The molecule has 39 heavy (non-hydrogen) atoms. The van der Waals surface area contributed by atoms with Gasteiger partial charge in [0.1, 0.15) is 28.3 Å². The van der Waals surface area contributed by atoms with E-state index in [0.717, 1.165) is 72.3 Å². The monoisotopic (exact) mass is 503 g/mol. The second-order valence-corrected chi connectivity index (χ2v) is 9.49. The Bertz CT molecular complexity index is 2160. The molecule has 0 amide bonds. The van der Waals surface area contributed by atoms with E-state index in [1.165, 1.54) is 0 Å². The number of hydrogen-bond acceptors (Lipinski definition) is 4. The van der Waals surface area contributed by atoms with Gasteiger partial charge in [-0.15, -0.1) is 0 Å². The summed E-state index contributed by atoms with van der Waals surface area (Å²) in [5.41, 5.74) is 6.56. The molecule has 4 aromatic carbocycles. The first-order valence-corrected chi connectivity index (χ1v) is 12.8. The third-order valence-corrected chi connectivity index (χ3v) is 7.13. The summed E-state index contributed by atoms with van der Waals surface area (Å²) in [7, 11) is 0. The maximum Gasteiger partial charge on any atom is 0.145 e. The van der Waals surface area contributed by atoms with E-state index in [2.05, 4.69) is 52.0 Å². The summed E-state index contributed by atoms with van der Waals surface area (Å²) < 4.78 is 14.8. The maximum atomic E-state index is 6.37. The predicted molar refractivity (Wildman–Crippen MR) is 156 cm³/mol. The molecular weight excluding hydrogens is 482 g/mol. The van der Waals surface area contributed by atoms with Gasteiger partial charge in [0, 0.05) is 40.2 Å². The van der Waals surface area contributed by atoms with E-state index in [-0.39, 0.29) is 0 Å². The number of para-hydroxylation sites is 1. The topological polar surface area (TPSA) is 53.1 Å². The number of fused-ring (bicyclic) bond motifs is 7. The Morgan fingerprint density at radius 2 is 1.41 bits per heavy atom. The van der Waals surface area contributed by atoms with Crippen molar-refractivity contribution in [1.29, 1.82) is 0 Å². The second kappa shape index (κ2) is 8.57. The molecule has 5 nitrogen and oxygen atoms in total. The molecule has 0 unspecified atom stereocenters. The van der Waals surface area contributed by atoms with Crippen molar-refractivity contribution in [2.75, 3.05) is 0 Å². The van der Waals surface area contributed by atoms with Gasteiger partial charge < -0.3 is 9.15 Å². The minimum atomic E-state index is 0.737. The number of aromatic nitrogens is 3. The van der Waals surface area contributed by atoms with Crippen LogP contribution < -0.4 is 4.74 Å². The fourth-order valence-corrected chi connectivity index (χ4v) is 5.47. The van der Waals surface area contributed by atoms with Crippen LogP contribution >= 0.6 is 0 Å². The lowest BCUT2D eigenvalue weighted by Gasteiger charge is -2.12. The van der Waals surface area contributed by atoms with Crippen LogP contribution in [-0.2, 0) is 0 Å². The summed E-state index contributed by atoms with van der Waals surface area (Å²) in [4.78, 5) is 9.28. The average Bonchev–Trinajstić information content (AvgIpc) is 3.54. The van der Waals surface area contributed by atoms with Crippen LogP contribution in [0.5, 0.6) is 11.5 Å². The van der Waals surface area contributed by atoms with Crippen molar-refractivity contribution in [2.24, 2.45) is 0 Å². The number of hydrogen-bond donors (Lipinski definition) is 0. The molecule has 0 fully saturated rings. The van der Waals surface area contributed by atoms with Crippen LogP contribution in [-0.4, -0.2) is 14.5 Å². The highest BCUT2D eigenvalue weighted by atomic mass is 16.5. The van der Waals surface area contributed by atoms with E-state index in [4.69, 9.17) is 14.1 Å². The fraction of sp³-hybridized carbons (Fsp3) is 0. The molecule has 5 heteroatoms. The summed E-state index contributed by atoms with van der Waals surface area (Å²) in [6, 6.07) is 38.5. The number of benzene rings is 4. The molecular formula is C34H21N3O2. The third-order valence-electron chi connectivity index (χ3n) is 7.13. The van der Waals surface area contributed by atoms with Crippen molar-refractivity contribution >= 4 is 43.9 Å². The van der Waals surface area contributed by atoms with Crippen LogP contribution in [0.4, 0.5) is 0 Å². The zero-order valence-electron chi connectivity index (χ0n) is 20.8. The lowest BCUT2D eigenvalue weighted by Crippen LogP contribution is -1.96. The lowest BCUT2D eigenvalue weighted by molar-refractivity contribution is 0.482. The van der Waals surface area contributed by atoms with Crippen molar-refractivity contribution in [3.63, 3.8) is 0 Å². The Kier molecular flexibility index (Phi) is 4.76. The highest BCUT2D eigenvalue weighted by Gasteiger charge is 2.19. The van der Waals surface area contributed by atoms with E-state index in [1.54, 1.807) is 6.20 Å². The number of furan rings is 1. The first-order valence-electron chi connectivity index (χ1n) is 12.8. The molecule has 0 atom stereocenters. The Morgan fingerprint density at radius 3 is 2.33 bits per heavy atom.